The van der Waals surface area contributed by atoms with Crippen LogP contribution in [0.1, 0.15) is 11.1 Å². The van der Waals surface area contributed by atoms with Crippen LogP contribution in [0.5, 0.6) is 0 Å². The molecular formula is C9H9Pb. The van der Waals surface area contributed by atoms with Gasteiger partial charge in [-0.1, -0.05) is 0 Å². The van der Waals surface area contributed by atoms with E-state index in [-0.39, 0.29) is 0 Å². The Kier molecular flexibility index (Phi) is 1.80. The van der Waals surface area contributed by atoms with Crippen LogP contribution in [-0.4, -0.2) is 25.8 Å². The van der Waals surface area contributed by atoms with E-state index in [0.717, 1.165) is 3.48 Å². The Labute approximate surface area is 77.3 Å². The van der Waals surface area contributed by atoms with Crippen molar-refractivity contribution in [1.82, 2.24) is 0 Å². The molecule has 0 atom stereocenters. The van der Waals surface area contributed by atoms with Crippen LogP contribution in [0.25, 0.3) is 0 Å². The van der Waals surface area contributed by atoms with E-state index >= 15 is 0 Å². The first-order valence-corrected chi connectivity index (χ1v) is 5.88. The van der Waals surface area contributed by atoms with Crippen molar-refractivity contribution in [3.8, 4) is 0 Å². The van der Waals surface area contributed by atoms with Crippen LogP contribution in [-0.2, 0) is 12.8 Å². The Balaban J connectivity index is 2.42. The van der Waals surface area contributed by atoms with E-state index in [0.29, 0.717) is 0 Å². The van der Waals surface area contributed by atoms with Gasteiger partial charge in [-0.2, -0.15) is 0 Å². The molecule has 0 aromatic heterocycles. The summed E-state index contributed by atoms with van der Waals surface area (Å²) in [5, 5.41) is 0. The second kappa shape index (κ2) is 2.64. The van der Waals surface area contributed by atoms with Crippen LogP contribution in [0.3, 0.4) is 0 Å². The third-order valence-corrected chi connectivity index (χ3v) is 3.64. The molecule has 0 N–H and O–H groups in total. The van der Waals surface area contributed by atoms with Crippen LogP contribution in [0, 0.1) is 0 Å². The van der Waals surface area contributed by atoms with E-state index in [4.69, 9.17) is 0 Å². The van der Waals surface area contributed by atoms with Crippen LogP contribution in [0.15, 0.2) is 24.3 Å². The molecule has 1 aliphatic rings. The van der Waals surface area contributed by atoms with E-state index in [1.54, 1.807) is 11.1 Å². The van der Waals surface area contributed by atoms with Crippen LogP contribution in [0.2, 0.25) is 3.48 Å². The van der Waals surface area contributed by atoms with Crippen LogP contribution >= 0.6 is 0 Å². The molecule has 1 heteroatoms. The monoisotopic (exact) mass is 325 g/mol. The summed E-state index contributed by atoms with van der Waals surface area (Å²) in [7, 11) is 0. The van der Waals surface area contributed by atoms with E-state index in [2.05, 4.69) is 24.3 Å². The van der Waals surface area contributed by atoms with Gasteiger partial charge in [0.05, 0.1) is 0 Å². The first kappa shape index (κ1) is 6.83. The fourth-order valence-electron chi connectivity index (χ4n) is 1.56. The molecule has 0 amide bonds. The Morgan fingerprint density at radius 3 is 2.10 bits per heavy atom. The normalized spacial score (nSPS) is 17.3. The predicted octanol–water partition coefficient (Wildman–Crippen LogP) is 1.74. The average molecular weight is 324 g/mol. The first-order chi connectivity index (χ1) is 4.86. The summed E-state index contributed by atoms with van der Waals surface area (Å²) in [4.78, 5) is 0. The van der Waals surface area contributed by atoms with Gasteiger partial charge in [-0.3, -0.25) is 0 Å². The number of hydrogen-bond acceptors (Lipinski definition) is 0. The molecule has 1 aliphatic carbocycles. The molecule has 0 saturated heterocycles. The van der Waals surface area contributed by atoms with E-state index in [9.17, 15) is 0 Å². The first-order valence-electron chi connectivity index (χ1n) is 3.64. The standard InChI is InChI=1S/C9H9.Pb/c1-2-5-9-7-3-6-8(9)4-1;/h1-5H,6-7H2;. The van der Waals surface area contributed by atoms with Gasteiger partial charge in [0.25, 0.3) is 0 Å². The Bertz CT molecular complexity index is 217. The molecule has 0 heterocycles. The molecule has 0 saturated carbocycles. The molecular weight excluding hydrogens is 315 g/mol. The van der Waals surface area contributed by atoms with Gasteiger partial charge in [-0.25, -0.2) is 0 Å². The van der Waals surface area contributed by atoms with Gasteiger partial charge in [-0.05, 0) is 0 Å². The minimum absolute atomic E-state index is 1.01. The fraction of sp³-hybridized carbons (Fsp3) is 0.333. The third kappa shape index (κ3) is 1.13. The number of rotatable bonds is 0. The van der Waals surface area contributed by atoms with Gasteiger partial charge < -0.3 is 0 Å². The molecule has 1 aromatic rings. The summed E-state index contributed by atoms with van der Waals surface area (Å²) >= 11 is 1.36. The van der Waals surface area contributed by atoms with E-state index < -0.39 is 0 Å². The Morgan fingerprint density at radius 1 is 1.10 bits per heavy atom. The van der Waals surface area contributed by atoms with Gasteiger partial charge in [0, 0.05) is 0 Å². The summed E-state index contributed by atoms with van der Waals surface area (Å²) in [5.74, 6) is 0. The van der Waals surface area contributed by atoms with Crippen molar-refractivity contribution in [2.24, 2.45) is 0 Å². The predicted molar refractivity (Wildman–Crippen MR) is 43.4 cm³/mol. The zero-order chi connectivity index (χ0) is 6.97. The third-order valence-electron chi connectivity index (χ3n) is 2.05. The van der Waals surface area contributed by atoms with Crippen LogP contribution < -0.4 is 0 Å². The molecule has 0 fully saturated rings. The summed E-state index contributed by atoms with van der Waals surface area (Å²) in [5.41, 5.74) is 3.20. The summed E-state index contributed by atoms with van der Waals surface area (Å²) in [6.45, 7) is 0. The second-order valence-corrected chi connectivity index (χ2v) is 6.05. The molecule has 3 radical (unpaired) electrons. The molecule has 1 aromatic carbocycles. The minimum atomic E-state index is 1.01. The van der Waals surface area contributed by atoms with Crippen molar-refractivity contribution in [3.63, 3.8) is 0 Å². The van der Waals surface area contributed by atoms with Gasteiger partial charge in [0.1, 0.15) is 0 Å². The summed E-state index contributed by atoms with van der Waals surface area (Å²) < 4.78 is 1.01. The average Bonchev–Trinajstić information content (AvgIpc) is 2.27. The van der Waals surface area contributed by atoms with Crippen molar-refractivity contribution in [2.45, 2.75) is 16.3 Å². The van der Waals surface area contributed by atoms with Crippen LogP contribution in [0.4, 0.5) is 0 Å². The van der Waals surface area contributed by atoms with Gasteiger partial charge in [0.2, 0.25) is 0 Å². The zero-order valence-electron chi connectivity index (χ0n) is 5.80. The van der Waals surface area contributed by atoms with Gasteiger partial charge >= 0.3 is 77.5 Å². The molecule has 2 rings (SSSR count). The fourth-order valence-corrected chi connectivity index (χ4v) is 3.27. The van der Waals surface area contributed by atoms with Gasteiger partial charge in [-0.15, -0.1) is 0 Å². The Hall–Kier alpha value is 0.142. The molecule has 0 spiro atoms. The van der Waals surface area contributed by atoms with Crippen molar-refractivity contribution in [3.05, 3.63) is 35.4 Å². The SMILES string of the molecule is [Pb][CH]1Cc2ccccc2C1. The molecule has 49 valence electrons. The number of benzene rings is 1. The van der Waals surface area contributed by atoms with E-state index in [1.165, 1.54) is 38.6 Å². The topological polar surface area (TPSA) is 0 Å². The van der Waals surface area contributed by atoms with Crippen molar-refractivity contribution < 1.29 is 0 Å². The van der Waals surface area contributed by atoms with Crippen molar-refractivity contribution in [1.29, 1.82) is 0 Å². The van der Waals surface area contributed by atoms with Gasteiger partial charge in [0.15, 0.2) is 0 Å². The van der Waals surface area contributed by atoms with Crippen molar-refractivity contribution in [2.75, 3.05) is 0 Å². The summed E-state index contributed by atoms with van der Waals surface area (Å²) in [6.07, 6.45) is 2.70. The molecule has 0 unspecified atom stereocenters. The maximum absolute atomic E-state index is 2.27. The second-order valence-electron chi connectivity index (χ2n) is 2.87. The number of hydrogen-bond donors (Lipinski definition) is 0. The molecule has 0 bridgehead atoms. The van der Waals surface area contributed by atoms with E-state index in [1.807, 2.05) is 0 Å². The quantitative estimate of drug-likeness (QED) is 0.638. The molecule has 0 nitrogen and oxygen atoms in total. The number of fused-ring (bicyclic) bond motifs is 1. The maximum atomic E-state index is 2.27. The van der Waals surface area contributed by atoms with Crippen molar-refractivity contribution >= 4 is 25.8 Å². The molecule has 0 aliphatic heterocycles. The summed E-state index contributed by atoms with van der Waals surface area (Å²) in [6, 6.07) is 8.84. The molecule has 10 heavy (non-hydrogen) atoms. The Morgan fingerprint density at radius 2 is 1.60 bits per heavy atom. The zero-order valence-corrected chi connectivity index (χ0v) is 9.69.